The zero-order valence-electron chi connectivity index (χ0n) is 16.1. The fourth-order valence-electron chi connectivity index (χ4n) is 3.77. The van der Waals surface area contributed by atoms with Gasteiger partial charge < -0.3 is 8.98 Å². The summed E-state index contributed by atoms with van der Waals surface area (Å²) in [6, 6.07) is 29.6. The van der Waals surface area contributed by atoms with Gasteiger partial charge in [-0.3, -0.25) is 9.69 Å². The van der Waals surface area contributed by atoms with Gasteiger partial charge in [-0.25, -0.2) is 0 Å². The Balaban J connectivity index is 1.57. The van der Waals surface area contributed by atoms with E-state index in [0.717, 1.165) is 27.7 Å². The van der Waals surface area contributed by atoms with Crippen molar-refractivity contribution in [3.05, 3.63) is 102 Å². The van der Waals surface area contributed by atoms with Crippen LogP contribution < -0.4 is 4.90 Å². The lowest BCUT2D eigenvalue weighted by molar-refractivity contribution is 0.0960. The van der Waals surface area contributed by atoms with Crippen LogP contribution in [-0.2, 0) is 13.6 Å². The van der Waals surface area contributed by atoms with E-state index >= 15 is 0 Å². The summed E-state index contributed by atoms with van der Waals surface area (Å²) >= 11 is 0. The third-order valence-corrected chi connectivity index (χ3v) is 5.32. The molecule has 142 valence electrons. The van der Waals surface area contributed by atoms with Crippen molar-refractivity contribution in [3.8, 4) is 0 Å². The average Bonchev–Trinajstić information content (AvgIpc) is 3.34. The first-order valence-corrected chi connectivity index (χ1v) is 9.59. The number of aromatic nitrogens is 1. The minimum Gasteiger partial charge on any atom is -0.451 e. The van der Waals surface area contributed by atoms with Crippen LogP contribution >= 0.6 is 0 Å². The Kier molecular flexibility index (Phi) is 4.17. The second kappa shape index (κ2) is 6.99. The molecule has 0 unspecified atom stereocenters. The number of rotatable bonds is 4. The van der Waals surface area contributed by atoms with E-state index in [2.05, 4.69) is 22.8 Å². The van der Waals surface area contributed by atoms with Gasteiger partial charge >= 0.3 is 0 Å². The molecule has 0 radical (unpaired) electrons. The van der Waals surface area contributed by atoms with Crippen LogP contribution in [0.25, 0.3) is 21.9 Å². The van der Waals surface area contributed by atoms with Gasteiger partial charge in [0.15, 0.2) is 5.76 Å². The summed E-state index contributed by atoms with van der Waals surface area (Å²) in [4.78, 5) is 15.2. The molecule has 3 aromatic carbocycles. The smallest absolute Gasteiger partial charge is 0.294 e. The van der Waals surface area contributed by atoms with Crippen LogP contribution in [-0.4, -0.2) is 10.5 Å². The molecule has 0 aliphatic rings. The van der Waals surface area contributed by atoms with E-state index in [1.54, 1.807) is 4.90 Å². The van der Waals surface area contributed by atoms with Crippen molar-refractivity contribution in [3.63, 3.8) is 0 Å². The maximum absolute atomic E-state index is 13.5. The number of anilines is 1. The summed E-state index contributed by atoms with van der Waals surface area (Å²) in [5.74, 6) is 0.187. The molecule has 0 saturated carbocycles. The number of hydrogen-bond acceptors (Lipinski definition) is 2. The second-order valence-corrected chi connectivity index (χ2v) is 7.13. The maximum atomic E-state index is 13.5. The molecule has 0 aliphatic heterocycles. The van der Waals surface area contributed by atoms with Crippen molar-refractivity contribution in [2.24, 2.45) is 7.05 Å². The Labute approximate surface area is 168 Å². The minimum absolute atomic E-state index is 0.155. The third-order valence-electron chi connectivity index (χ3n) is 5.32. The lowest BCUT2D eigenvalue weighted by atomic mass is 10.2. The molecule has 0 spiro atoms. The van der Waals surface area contributed by atoms with E-state index in [1.807, 2.05) is 79.8 Å². The highest BCUT2D eigenvalue weighted by Gasteiger charge is 2.23. The molecule has 4 heteroatoms. The van der Waals surface area contributed by atoms with Crippen LogP contribution in [0.15, 0.2) is 95.4 Å². The van der Waals surface area contributed by atoms with E-state index in [4.69, 9.17) is 4.42 Å². The van der Waals surface area contributed by atoms with Crippen molar-refractivity contribution in [2.75, 3.05) is 4.90 Å². The highest BCUT2D eigenvalue weighted by molar-refractivity contribution is 6.06. The van der Waals surface area contributed by atoms with Crippen LogP contribution in [0.5, 0.6) is 0 Å². The predicted molar refractivity (Wildman–Crippen MR) is 116 cm³/mol. The van der Waals surface area contributed by atoms with Gasteiger partial charge in [0.25, 0.3) is 5.91 Å². The molecule has 0 N–H and O–H groups in total. The summed E-state index contributed by atoms with van der Waals surface area (Å²) in [6.07, 6.45) is 0. The number of carbonyl (C=O) groups excluding carboxylic acids is 1. The first-order chi connectivity index (χ1) is 14.2. The van der Waals surface area contributed by atoms with Crippen LogP contribution in [0.1, 0.15) is 16.2 Å². The molecule has 5 aromatic rings. The number of furan rings is 1. The molecule has 0 fully saturated rings. The predicted octanol–water partition coefficient (Wildman–Crippen LogP) is 5.77. The van der Waals surface area contributed by atoms with Crippen LogP contribution in [0.2, 0.25) is 0 Å². The molecule has 0 bridgehead atoms. The number of aryl methyl sites for hydroxylation is 1. The fraction of sp³-hybridized carbons (Fsp3) is 0.0800. The van der Waals surface area contributed by atoms with Gasteiger partial charge in [-0.15, -0.1) is 0 Å². The van der Waals surface area contributed by atoms with Crippen molar-refractivity contribution in [2.45, 2.75) is 6.54 Å². The molecule has 4 nitrogen and oxygen atoms in total. The minimum atomic E-state index is -0.155. The van der Waals surface area contributed by atoms with Crippen LogP contribution in [0.4, 0.5) is 5.69 Å². The topological polar surface area (TPSA) is 38.4 Å². The summed E-state index contributed by atoms with van der Waals surface area (Å²) in [7, 11) is 2.03. The number of carbonyl (C=O) groups is 1. The molecule has 0 saturated heterocycles. The Morgan fingerprint density at radius 1 is 0.862 bits per heavy atom. The van der Waals surface area contributed by atoms with Gasteiger partial charge in [0, 0.05) is 29.3 Å². The SMILES string of the molecule is Cn1c(CN(C(=O)c2cc3ccccc3o2)c2ccccc2)cc2ccccc21. The van der Waals surface area contributed by atoms with Gasteiger partial charge in [-0.1, -0.05) is 54.6 Å². The van der Waals surface area contributed by atoms with Gasteiger partial charge in [-0.05, 0) is 41.8 Å². The zero-order valence-corrected chi connectivity index (χ0v) is 16.1. The van der Waals surface area contributed by atoms with Crippen LogP contribution in [0, 0.1) is 0 Å². The first kappa shape index (κ1) is 17.3. The highest BCUT2D eigenvalue weighted by Crippen LogP contribution is 2.26. The second-order valence-electron chi connectivity index (χ2n) is 7.13. The molecule has 0 atom stereocenters. The quantitative estimate of drug-likeness (QED) is 0.397. The van der Waals surface area contributed by atoms with E-state index < -0.39 is 0 Å². The molecule has 5 rings (SSSR count). The largest absolute Gasteiger partial charge is 0.451 e. The fourth-order valence-corrected chi connectivity index (χ4v) is 3.77. The Hall–Kier alpha value is -3.79. The molecule has 2 aromatic heterocycles. The van der Waals surface area contributed by atoms with Crippen molar-refractivity contribution in [1.29, 1.82) is 0 Å². The van der Waals surface area contributed by atoms with E-state index in [1.165, 1.54) is 0 Å². The lowest BCUT2D eigenvalue weighted by Crippen LogP contribution is -2.30. The Bertz CT molecular complexity index is 1280. The summed E-state index contributed by atoms with van der Waals surface area (Å²) in [5, 5.41) is 2.09. The van der Waals surface area contributed by atoms with Crippen molar-refractivity contribution < 1.29 is 9.21 Å². The first-order valence-electron chi connectivity index (χ1n) is 9.59. The normalized spacial score (nSPS) is 11.2. The molecule has 29 heavy (non-hydrogen) atoms. The van der Waals surface area contributed by atoms with Crippen molar-refractivity contribution in [1.82, 2.24) is 4.57 Å². The third kappa shape index (κ3) is 3.09. The lowest BCUT2D eigenvalue weighted by Gasteiger charge is -2.22. The van der Waals surface area contributed by atoms with Gasteiger partial charge in [0.1, 0.15) is 5.58 Å². The molecular weight excluding hydrogens is 360 g/mol. The van der Waals surface area contributed by atoms with E-state index in [0.29, 0.717) is 17.9 Å². The standard InChI is InChI=1S/C25H20N2O2/c1-26-21(15-18-9-5-7-13-22(18)26)17-27(20-11-3-2-4-12-20)25(28)24-16-19-10-6-8-14-23(19)29-24/h2-16H,17H2,1H3. The Morgan fingerprint density at radius 3 is 2.31 bits per heavy atom. The van der Waals surface area contributed by atoms with E-state index in [9.17, 15) is 4.79 Å². The van der Waals surface area contributed by atoms with Crippen molar-refractivity contribution >= 4 is 33.5 Å². The van der Waals surface area contributed by atoms with Gasteiger partial charge in [0.05, 0.1) is 6.54 Å². The van der Waals surface area contributed by atoms with Crippen LogP contribution in [0.3, 0.4) is 0 Å². The maximum Gasteiger partial charge on any atom is 0.294 e. The molecule has 2 heterocycles. The number of fused-ring (bicyclic) bond motifs is 2. The summed E-state index contributed by atoms with van der Waals surface area (Å²) < 4.78 is 8.00. The summed E-state index contributed by atoms with van der Waals surface area (Å²) in [5.41, 5.74) is 3.75. The monoisotopic (exact) mass is 380 g/mol. The molecule has 1 amide bonds. The number of hydrogen-bond donors (Lipinski definition) is 0. The zero-order chi connectivity index (χ0) is 19.8. The summed E-state index contributed by atoms with van der Waals surface area (Å²) in [6.45, 7) is 0.449. The number of para-hydroxylation sites is 3. The van der Waals surface area contributed by atoms with E-state index in [-0.39, 0.29) is 5.91 Å². The molecular formula is C25H20N2O2. The molecule has 0 aliphatic carbocycles. The van der Waals surface area contributed by atoms with Gasteiger partial charge in [-0.2, -0.15) is 0 Å². The number of nitrogens with zero attached hydrogens (tertiary/aromatic N) is 2. The highest BCUT2D eigenvalue weighted by atomic mass is 16.3. The Morgan fingerprint density at radius 2 is 1.55 bits per heavy atom. The number of benzene rings is 3. The average molecular weight is 380 g/mol. The van der Waals surface area contributed by atoms with Gasteiger partial charge in [0.2, 0.25) is 0 Å². The number of amides is 1.